The first-order valence-electron chi connectivity index (χ1n) is 6.50. The minimum atomic E-state index is -0.729. The molecule has 1 N–H and O–H groups in total. The van der Waals surface area contributed by atoms with Gasteiger partial charge in [0.05, 0.1) is 5.56 Å². The number of ether oxygens (including phenoxy) is 1. The van der Waals surface area contributed by atoms with Crippen LogP contribution in [0.15, 0.2) is 36.4 Å². The van der Waals surface area contributed by atoms with Gasteiger partial charge in [0.15, 0.2) is 0 Å². The molecule has 2 rings (SSSR count). The minimum absolute atomic E-state index is 0.0171. The molecule has 21 heavy (non-hydrogen) atoms. The maximum Gasteiger partial charge on any atom is 0.145 e. The summed E-state index contributed by atoms with van der Waals surface area (Å²) in [6.45, 7) is 3.45. The standard InChI is InChI=1S/C16H14F2N2O/c1-2-20-10-11-3-4-16(12(5-11)9-19)21-15-7-13(17)6-14(18)8-15/h3-8,20H,2,10H2,1H3. The highest BCUT2D eigenvalue weighted by atomic mass is 19.1. The number of benzene rings is 2. The highest BCUT2D eigenvalue weighted by Gasteiger charge is 2.08. The first-order chi connectivity index (χ1) is 10.1. The zero-order valence-corrected chi connectivity index (χ0v) is 11.5. The molecule has 0 bridgehead atoms. The average molecular weight is 288 g/mol. The fraction of sp³-hybridized carbons (Fsp3) is 0.188. The molecular weight excluding hydrogens is 274 g/mol. The van der Waals surface area contributed by atoms with Gasteiger partial charge >= 0.3 is 0 Å². The summed E-state index contributed by atoms with van der Waals surface area (Å²) in [6.07, 6.45) is 0. The minimum Gasteiger partial charge on any atom is -0.456 e. The van der Waals surface area contributed by atoms with Crippen LogP contribution < -0.4 is 10.1 Å². The highest BCUT2D eigenvalue weighted by Crippen LogP contribution is 2.27. The normalized spacial score (nSPS) is 10.2. The van der Waals surface area contributed by atoms with Crippen LogP contribution >= 0.6 is 0 Å². The average Bonchev–Trinajstić information content (AvgIpc) is 2.45. The molecule has 0 saturated carbocycles. The smallest absolute Gasteiger partial charge is 0.145 e. The third kappa shape index (κ3) is 4.01. The molecule has 108 valence electrons. The van der Waals surface area contributed by atoms with E-state index < -0.39 is 11.6 Å². The summed E-state index contributed by atoms with van der Waals surface area (Å²) in [4.78, 5) is 0. The number of hydrogen-bond acceptors (Lipinski definition) is 3. The second-order valence-corrected chi connectivity index (χ2v) is 4.43. The van der Waals surface area contributed by atoms with E-state index in [0.717, 1.165) is 30.3 Å². The van der Waals surface area contributed by atoms with Crippen LogP contribution in [0.3, 0.4) is 0 Å². The van der Waals surface area contributed by atoms with E-state index in [1.54, 1.807) is 18.2 Å². The van der Waals surface area contributed by atoms with Crippen molar-refractivity contribution in [2.75, 3.05) is 6.54 Å². The van der Waals surface area contributed by atoms with Gasteiger partial charge in [0.25, 0.3) is 0 Å². The van der Waals surface area contributed by atoms with Gasteiger partial charge in [0, 0.05) is 24.7 Å². The summed E-state index contributed by atoms with van der Waals surface area (Å²) in [7, 11) is 0. The molecule has 3 nitrogen and oxygen atoms in total. The van der Waals surface area contributed by atoms with Crippen LogP contribution in [0.1, 0.15) is 18.1 Å². The Bertz CT molecular complexity index is 660. The summed E-state index contributed by atoms with van der Waals surface area (Å²) in [5, 5.41) is 12.3. The van der Waals surface area contributed by atoms with E-state index in [9.17, 15) is 8.78 Å². The van der Waals surface area contributed by atoms with Crippen LogP contribution in [0.25, 0.3) is 0 Å². The van der Waals surface area contributed by atoms with Crippen molar-refractivity contribution < 1.29 is 13.5 Å². The van der Waals surface area contributed by atoms with Crippen LogP contribution in [-0.2, 0) is 6.54 Å². The summed E-state index contributed by atoms with van der Waals surface area (Å²) in [5.41, 5.74) is 1.25. The Balaban J connectivity index is 2.25. The maximum absolute atomic E-state index is 13.1. The third-order valence-electron chi connectivity index (χ3n) is 2.81. The predicted octanol–water partition coefficient (Wildman–Crippen LogP) is 3.74. The second-order valence-electron chi connectivity index (χ2n) is 4.43. The molecule has 0 fully saturated rings. The van der Waals surface area contributed by atoms with Crippen molar-refractivity contribution in [3.63, 3.8) is 0 Å². The molecule has 0 unspecified atom stereocenters. The van der Waals surface area contributed by atoms with Crippen molar-refractivity contribution in [1.29, 1.82) is 5.26 Å². The van der Waals surface area contributed by atoms with Gasteiger partial charge in [0.1, 0.15) is 29.2 Å². The molecule has 5 heteroatoms. The fourth-order valence-electron chi connectivity index (χ4n) is 1.85. The number of nitrogens with zero attached hydrogens (tertiary/aromatic N) is 1. The summed E-state index contributed by atoms with van der Waals surface area (Å²) in [6, 6.07) is 10.0. The van der Waals surface area contributed by atoms with Crippen molar-refractivity contribution >= 4 is 0 Å². The monoisotopic (exact) mass is 288 g/mol. The Morgan fingerprint density at radius 3 is 2.48 bits per heavy atom. The first-order valence-corrected chi connectivity index (χ1v) is 6.50. The number of nitrogens with one attached hydrogen (secondary N) is 1. The molecule has 0 heterocycles. The first kappa shape index (κ1) is 14.9. The zero-order valence-electron chi connectivity index (χ0n) is 11.5. The van der Waals surface area contributed by atoms with Crippen LogP contribution in [0.4, 0.5) is 8.78 Å². The number of rotatable bonds is 5. The molecule has 0 spiro atoms. The van der Waals surface area contributed by atoms with E-state index in [1.807, 2.05) is 13.0 Å². The Hall–Kier alpha value is -2.45. The molecule has 0 aliphatic heterocycles. The van der Waals surface area contributed by atoms with Gasteiger partial charge in [-0.2, -0.15) is 5.26 Å². The molecule has 0 aromatic heterocycles. The molecule has 0 amide bonds. The van der Waals surface area contributed by atoms with E-state index in [4.69, 9.17) is 10.00 Å². The maximum atomic E-state index is 13.1. The molecule has 0 aliphatic carbocycles. The lowest BCUT2D eigenvalue weighted by Gasteiger charge is -2.09. The molecule has 0 atom stereocenters. The van der Waals surface area contributed by atoms with E-state index in [1.165, 1.54) is 0 Å². The largest absolute Gasteiger partial charge is 0.456 e. The zero-order chi connectivity index (χ0) is 15.2. The molecule has 0 aliphatic rings. The van der Waals surface area contributed by atoms with Crippen LogP contribution in [0.2, 0.25) is 0 Å². The summed E-state index contributed by atoms with van der Waals surface area (Å²) >= 11 is 0. The van der Waals surface area contributed by atoms with E-state index in [-0.39, 0.29) is 11.5 Å². The Labute approximate surface area is 121 Å². The number of nitriles is 1. The lowest BCUT2D eigenvalue weighted by Crippen LogP contribution is -2.11. The van der Waals surface area contributed by atoms with Gasteiger partial charge in [-0.05, 0) is 24.2 Å². The van der Waals surface area contributed by atoms with Gasteiger partial charge in [-0.25, -0.2) is 8.78 Å². The van der Waals surface area contributed by atoms with Crippen molar-refractivity contribution in [1.82, 2.24) is 5.32 Å². The Morgan fingerprint density at radius 1 is 1.14 bits per heavy atom. The van der Waals surface area contributed by atoms with E-state index >= 15 is 0 Å². The molecule has 2 aromatic rings. The molecule has 2 aromatic carbocycles. The van der Waals surface area contributed by atoms with Crippen LogP contribution in [-0.4, -0.2) is 6.54 Å². The van der Waals surface area contributed by atoms with Gasteiger partial charge in [-0.3, -0.25) is 0 Å². The van der Waals surface area contributed by atoms with Crippen LogP contribution in [0.5, 0.6) is 11.5 Å². The SMILES string of the molecule is CCNCc1ccc(Oc2cc(F)cc(F)c2)c(C#N)c1. The third-order valence-corrected chi connectivity index (χ3v) is 2.81. The van der Waals surface area contributed by atoms with E-state index in [0.29, 0.717) is 12.1 Å². The van der Waals surface area contributed by atoms with Crippen molar-refractivity contribution in [2.45, 2.75) is 13.5 Å². The lowest BCUT2D eigenvalue weighted by molar-refractivity contribution is 0.466. The lowest BCUT2D eigenvalue weighted by atomic mass is 10.1. The van der Waals surface area contributed by atoms with Gasteiger partial charge in [0.2, 0.25) is 0 Å². The number of hydrogen-bond donors (Lipinski definition) is 1. The Kier molecular flexibility index (Phi) is 4.85. The summed E-state index contributed by atoms with van der Waals surface area (Å²) < 4.78 is 31.6. The fourth-order valence-corrected chi connectivity index (χ4v) is 1.85. The molecular formula is C16H14F2N2O. The van der Waals surface area contributed by atoms with Gasteiger partial charge < -0.3 is 10.1 Å². The van der Waals surface area contributed by atoms with Crippen LogP contribution in [0, 0.1) is 23.0 Å². The highest BCUT2D eigenvalue weighted by molar-refractivity contribution is 5.47. The van der Waals surface area contributed by atoms with Gasteiger partial charge in [-0.15, -0.1) is 0 Å². The molecule has 0 radical (unpaired) electrons. The predicted molar refractivity (Wildman–Crippen MR) is 75.0 cm³/mol. The molecule has 0 saturated heterocycles. The van der Waals surface area contributed by atoms with Crippen molar-refractivity contribution in [3.8, 4) is 17.6 Å². The quantitative estimate of drug-likeness (QED) is 0.911. The summed E-state index contributed by atoms with van der Waals surface area (Å²) in [5.74, 6) is -1.18. The van der Waals surface area contributed by atoms with E-state index in [2.05, 4.69) is 5.32 Å². The number of halogens is 2. The van der Waals surface area contributed by atoms with Crippen molar-refractivity contribution in [3.05, 3.63) is 59.2 Å². The van der Waals surface area contributed by atoms with Gasteiger partial charge in [-0.1, -0.05) is 13.0 Å². The Morgan fingerprint density at radius 2 is 1.86 bits per heavy atom. The topological polar surface area (TPSA) is 45.0 Å². The van der Waals surface area contributed by atoms with Crippen molar-refractivity contribution in [2.24, 2.45) is 0 Å². The second kappa shape index (κ2) is 6.82.